The second-order valence-corrected chi connectivity index (χ2v) is 4.70. The Balaban J connectivity index is 2.36. The molecule has 1 N–H and O–H groups in total. The van der Waals surface area contributed by atoms with Gasteiger partial charge in [-0.1, -0.05) is 5.46 Å². The van der Waals surface area contributed by atoms with Gasteiger partial charge in [0.25, 0.3) is 0 Å². The first-order valence-electron chi connectivity index (χ1n) is 5.43. The summed E-state index contributed by atoms with van der Waals surface area (Å²) in [5.74, 6) is 0.495. The number of hydrogen-bond donors (Lipinski definition) is 1. The van der Waals surface area contributed by atoms with Crippen molar-refractivity contribution in [3.8, 4) is 11.8 Å². The Kier molecular flexibility index (Phi) is 3.01. The Hall–Kier alpha value is -2.00. The van der Waals surface area contributed by atoms with Crippen LogP contribution >= 0.6 is 0 Å². The normalized spacial score (nSPS) is 11.4. The zero-order valence-electron chi connectivity index (χ0n) is 10.2. The van der Waals surface area contributed by atoms with E-state index in [4.69, 9.17) is 17.8 Å². The fourth-order valence-electron chi connectivity index (χ4n) is 1.55. The van der Waals surface area contributed by atoms with E-state index >= 15 is 0 Å². The third kappa shape index (κ3) is 2.46. The molecule has 0 aliphatic heterocycles. The van der Waals surface area contributed by atoms with Crippen molar-refractivity contribution in [2.24, 2.45) is 0 Å². The van der Waals surface area contributed by atoms with E-state index in [1.807, 2.05) is 6.07 Å². The molecular weight excluding hydrogens is 229 g/mol. The second kappa shape index (κ2) is 4.35. The lowest BCUT2D eigenvalue weighted by Gasteiger charge is -2.18. The molecule has 6 heteroatoms. The van der Waals surface area contributed by atoms with Gasteiger partial charge in [-0.25, -0.2) is 4.52 Å². The van der Waals surface area contributed by atoms with E-state index in [1.54, 1.807) is 26.1 Å². The highest BCUT2D eigenvalue weighted by Gasteiger charge is 2.14. The Morgan fingerprint density at radius 3 is 2.94 bits per heavy atom. The van der Waals surface area contributed by atoms with Crippen LogP contribution in [0.5, 0.6) is 5.75 Å². The van der Waals surface area contributed by atoms with Gasteiger partial charge in [0, 0.05) is 0 Å². The van der Waals surface area contributed by atoms with Gasteiger partial charge in [0.15, 0.2) is 0 Å². The maximum Gasteiger partial charge on any atom is 0.137 e. The summed E-state index contributed by atoms with van der Waals surface area (Å²) in [6.07, 6.45) is 3.07. The predicted octanol–water partition coefficient (Wildman–Crippen LogP) is 0.149. The number of aromatic nitrogens is 2. The first kappa shape index (κ1) is 12.5. The number of fused-ring (bicyclic) bond motifs is 1. The quantitative estimate of drug-likeness (QED) is 0.776. The third-order valence-electron chi connectivity index (χ3n) is 2.33. The van der Waals surface area contributed by atoms with Crippen molar-refractivity contribution in [2.45, 2.75) is 19.4 Å². The van der Waals surface area contributed by atoms with Crippen molar-refractivity contribution >= 4 is 18.8 Å². The van der Waals surface area contributed by atoms with Crippen LogP contribution in [0.3, 0.4) is 0 Å². The van der Waals surface area contributed by atoms with Gasteiger partial charge < -0.3 is 9.84 Å². The van der Waals surface area contributed by atoms with E-state index in [9.17, 15) is 5.11 Å². The van der Waals surface area contributed by atoms with Crippen molar-refractivity contribution in [2.75, 3.05) is 6.61 Å². The maximum absolute atomic E-state index is 9.58. The van der Waals surface area contributed by atoms with E-state index in [2.05, 4.69) is 5.10 Å². The summed E-state index contributed by atoms with van der Waals surface area (Å²) in [6, 6.07) is 3.64. The Bertz CT molecular complexity index is 623. The minimum Gasteiger partial charge on any atom is -0.489 e. The molecule has 0 saturated heterocycles. The van der Waals surface area contributed by atoms with E-state index in [-0.39, 0.29) is 6.61 Å². The molecule has 2 aromatic heterocycles. The van der Waals surface area contributed by atoms with Gasteiger partial charge in [0.2, 0.25) is 0 Å². The molecule has 0 saturated carbocycles. The topological polar surface area (TPSA) is 70.6 Å². The van der Waals surface area contributed by atoms with Crippen molar-refractivity contribution in [1.82, 2.24) is 9.61 Å². The summed E-state index contributed by atoms with van der Waals surface area (Å²) in [6.45, 7) is 3.44. The van der Waals surface area contributed by atoms with Gasteiger partial charge in [0.1, 0.15) is 26.3 Å². The van der Waals surface area contributed by atoms with E-state index in [0.29, 0.717) is 22.3 Å². The Morgan fingerprint density at radius 1 is 1.61 bits per heavy atom. The molecule has 0 aliphatic carbocycles. The number of hydrogen-bond acceptors (Lipinski definition) is 4. The highest BCUT2D eigenvalue weighted by Crippen LogP contribution is 2.15. The summed E-state index contributed by atoms with van der Waals surface area (Å²) < 4.78 is 6.92. The summed E-state index contributed by atoms with van der Waals surface area (Å²) in [7, 11) is 5.86. The maximum atomic E-state index is 9.58. The molecule has 2 radical (unpaired) electrons. The fraction of sp³-hybridized carbons (Fsp3) is 0.333. The van der Waals surface area contributed by atoms with Crippen LogP contribution in [-0.2, 0) is 0 Å². The molecule has 2 aromatic rings. The van der Waals surface area contributed by atoms with Gasteiger partial charge in [0.05, 0.1) is 29.1 Å². The lowest BCUT2D eigenvalue weighted by molar-refractivity contribution is 0.0283. The average Bonchev–Trinajstić information content (AvgIpc) is 2.69. The lowest BCUT2D eigenvalue weighted by Crippen LogP contribution is -2.28. The SMILES string of the molecule is [B]c1cc(OCC(C)(C)O)cn2ncc(C#N)c12. The van der Waals surface area contributed by atoms with E-state index in [0.717, 1.165) is 0 Å². The van der Waals surface area contributed by atoms with Gasteiger partial charge in [-0.15, -0.1) is 0 Å². The summed E-state index contributed by atoms with van der Waals surface area (Å²) >= 11 is 0. The van der Waals surface area contributed by atoms with Crippen LogP contribution in [0.25, 0.3) is 5.52 Å². The zero-order valence-corrected chi connectivity index (χ0v) is 10.2. The first-order valence-corrected chi connectivity index (χ1v) is 5.43. The molecule has 0 unspecified atom stereocenters. The summed E-state index contributed by atoms with van der Waals surface area (Å²) in [4.78, 5) is 0. The minimum atomic E-state index is -0.925. The molecule has 0 spiro atoms. The molecule has 0 atom stereocenters. The molecule has 18 heavy (non-hydrogen) atoms. The number of nitrogens with zero attached hydrogens (tertiary/aromatic N) is 3. The number of pyridine rings is 1. The average molecular weight is 241 g/mol. The number of nitriles is 1. The van der Waals surface area contributed by atoms with E-state index in [1.165, 1.54) is 10.7 Å². The standard InChI is InChI=1S/C12H12BN3O2/c1-12(2,17)7-18-9-3-10(13)11-8(4-14)5-15-16(11)6-9/h3,5-6,17H,7H2,1-2H3. The van der Waals surface area contributed by atoms with Gasteiger partial charge in [-0.05, 0) is 19.9 Å². The van der Waals surface area contributed by atoms with Crippen LogP contribution in [-0.4, -0.2) is 34.8 Å². The van der Waals surface area contributed by atoms with Crippen LogP contribution in [0, 0.1) is 11.3 Å². The number of rotatable bonds is 3. The molecule has 0 amide bonds. The number of ether oxygens (including phenoxy) is 1. The monoisotopic (exact) mass is 241 g/mol. The van der Waals surface area contributed by atoms with Crippen LogP contribution in [0.4, 0.5) is 0 Å². The first-order chi connectivity index (χ1) is 8.40. The second-order valence-electron chi connectivity index (χ2n) is 4.70. The Labute approximate surface area is 106 Å². The predicted molar refractivity (Wildman–Crippen MR) is 67.1 cm³/mol. The fourth-order valence-corrected chi connectivity index (χ4v) is 1.55. The molecule has 0 fully saturated rings. The molecule has 2 heterocycles. The highest BCUT2D eigenvalue weighted by atomic mass is 16.5. The molecular formula is C12H12BN3O2. The lowest BCUT2D eigenvalue weighted by atomic mass is 9.94. The van der Waals surface area contributed by atoms with Crippen molar-refractivity contribution in [1.29, 1.82) is 5.26 Å². The largest absolute Gasteiger partial charge is 0.489 e. The molecule has 90 valence electrons. The zero-order chi connectivity index (χ0) is 13.3. The van der Waals surface area contributed by atoms with Gasteiger partial charge >= 0.3 is 0 Å². The molecule has 0 bridgehead atoms. The van der Waals surface area contributed by atoms with Crippen LogP contribution in [0.2, 0.25) is 0 Å². The smallest absolute Gasteiger partial charge is 0.137 e. The van der Waals surface area contributed by atoms with Crippen LogP contribution in [0.15, 0.2) is 18.5 Å². The molecule has 0 aliphatic rings. The minimum absolute atomic E-state index is 0.143. The van der Waals surface area contributed by atoms with Crippen LogP contribution in [0.1, 0.15) is 19.4 Å². The number of aliphatic hydroxyl groups is 1. The molecule has 2 rings (SSSR count). The Morgan fingerprint density at radius 2 is 2.33 bits per heavy atom. The van der Waals surface area contributed by atoms with Crippen molar-refractivity contribution < 1.29 is 9.84 Å². The van der Waals surface area contributed by atoms with Gasteiger partial charge in [-0.3, -0.25) is 0 Å². The third-order valence-corrected chi connectivity index (χ3v) is 2.33. The molecule has 5 nitrogen and oxygen atoms in total. The molecule has 0 aromatic carbocycles. The van der Waals surface area contributed by atoms with Crippen molar-refractivity contribution in [3.63, 3.8) is 0 Å². The van der Waals surface area contributed by atoms with Crippen LogP contribution < -0.4 is 10.2 Å². The van der Waals surface area contributed by atoms with E-state index < -0.39 is 5.60 Å². The summed E-state index contributed by atoms with van der Waals surface area (Å²) in [5, 5.41) is 22.5. The highest BCUT2D eigenvalue weighted by molar-refractivity contribution is 6.37. The van der Waals surface area contributed by atoms with Crippen molar-refractivity contribution in [3.05, 3.63) is 24.0 Å². The van der Waals surface area contributed by atoms with Gasteiger partial charge in [-0.2, -0.15) is 10.4 Å². The summed E-state index contributed by atoms with van der Waals surface area (Å²) in [5.41, 5.74) is 0.470.